The second kappa shape index (κ2) is 9.64. The number of benzene rings is 2. The van der Waals surface area contributed by atoms with E-state index in [-0.39, 0.29) is 22.4 Å². The number of hydrogen-bond donors (Lipinski definition) is 1. The molecule has 0 aromatic heterocycles. The number of aryl methyl sites for hydroxylation is 1. The van der Waals surface area contributed by atoms with E-state index in [9.17, 15) is 40.0 Å². The van der Waals surface area contributed by atoms with Crippen LogP contribution in [0.15, 0.2) is 36.4 Å². The predicted molar refractivity (Wildman–Crippen MR) is 129 cm³/mol. The Morgan fingerprint density at radius 3 is 2.09 bits per heavy atom. The molecular weight excluding hydrogens is 610 g/mol. The Labute approximate surface area is 212 Å². The van der Waals surface area contributed by atoms with Crippen LogP contribution in [0.5, 0.6) is 0 Å². The standard InChI is InChI=1S/C22H22F5IN2O4S/c1-12-10-13(21(23,24)22(25,26)27)8-9-16(12)30(20(2,3)11-35(4,33)34)19(32)14-6-5-7-15(28)17(14)18(29)31/h5-10H,11H2,1-4H3,(H2,29,31). The van der Waals surface area contributed by atoms with E-state index in [1.807, 2.05) is 0 Å². The van der Waals surface area contributed by atoms with Crippen molar-refractivity contribution >= 4 is 49.9 Å². The third-order valence-electron chi connectivity index (χ3n) is 5.07. The fraction of sp³-hybridized carbons (Fsp3) is 0.364. The first kappa shape index (κ1) is 28.9. The molecule has 0 aliphatic heterocycles. The van der Waals surface area contributed by atoms with Crippen molar-refractivity contribution in [2.45, 2.75) is 38.4 Å². The first-order valence-corrected chi connectivity index (χ1v) is 13.0. The molecule has 0 atom stereocenters. The lowest BCUT2D eigenvalue weighted by Gasteiger charge is -2.39. The molecule has 0 heterocycles. The Bertz CT molecular complexity index is 1280. The van der Waals surface area contributed by atoms with Crippen molar-refractivity contribution in [3.63, 3.8) is 0 Å². The number of primary amides is 1. The van der Waals surface area contributed by atoms with Gasteiger partial charge in [-0.1, -0.05) is 12.1 Å². The highest BCUT2D eigenvalue weighted by atomic mass is 127. The van der Waals surface area contributed by atoms with Gasteiger partial charge in [0.05, 0.1) is 22.4 Å². The third kappa shape index (κ3) is 6.11. The van der Waals surface area contributed by atoms with E-state index >= 15 is 0 Å². The topological polar surface area (TPSA) is 97.5 Å². The second-order valence-corrected chi connectivity index (χ2v) is 11.9. The van der Waals surface area contributed by atoms with Gasteiger partial charge in [-0.15, -0.1) is 0 Å². The molecule has 2 amide bonds. The summed E-state index contributed by atoms with van der Waals surface area (Å²) in [5, 5.41) is 0. The number of carbonyl (C=O) groups is 2. The van der Waals surface area contributed by atoms with Crippen LogP contribution >= 0.6 is 22.6 Å². The minimum Gasteiger partial charge on any atom is -0.366 e. The van der Waals surface area contributed by atoms with Gasteiger partial charge in [-0.05, 0) is 73.2 Å². The minimum absolute atomic E-state index is 0.111. The predicted octanol–water partition coefficient (Wildman–Crippen LogP) is 4.82. The van der Waals surface area contributed by atoms with Crippen molar-refractivity contribution in [2.24, 2.45) is 5.73 Å². The molecule has 2 rings (SSSR count). The summed E-state index contributed by atoms with van der Waals surface area (Å²) in [5.41, 5.74) is 2.00. The summed E-state index contributed by atoms with van der Waals surface area (Å²) in [5.74, 6) is -7.55. The highest BCUT2D eigenvalue weighted by Crippen LogP contribution is 2.45. The summed E-state index contributed by atoms with van der Waals surface area (Å²) in [6.45, 7) is 3.99. The van der Waals surface area contributed by atoms with E-state index in [0.717, 1.165) is 17.2 Å². The van der Waals surface area contributed by atoms with Crippen molar-refractivity contribution in [3.8, 4) is 0 Å². The molecule has 0 aliphatic rings. The van der Waals surface area contributed by atoms with Crippen LogP contribution in [0.3, 0.4) is 0 Å². The number of nitrogens with zero attached hydrogens (tertiary/aromatic N) is 1. The van der Waals surface area contributed by atoms with E-state index in [1.54, 1.807) is 22.6 Å². The van der Waals surface area contributed by atoms with Gasteiger partial charge in [0.25, 0.3) is 11.8 Å². The molecule has 2 N–H and O–H groups in total. The lowest BCUT2D eigenvalue weighted by Crippen LogP contribution is -2.53. The maximum absolute atomic E-state index is 13.9. The summed E-state index contributed by atoms with van der Waals surface area (Å²) < 4.78 is 91.0. The van der Waals surface area contributed by atoms with Gasteiger partial charge in [0, 0.05) is 21.1 Å². The quantitative estimate of drug-likeness (QED) is 0.350. The molecule has 0 fully saturated rings. The van der Waals surface area contributed by atoms with Crippen molar-refractivity contribution in [2.75, 3.05) is 16.9 Å². The molecule has 0 spiro atoms. The van der Waals surface area contributed by atoms with Gasteiger partial charge in [-0.2, -0.15) is 22.0 Å². The summed E-state index contributed by atoms with van der Waals surface area (Å²) in [6.07, 6.45) is -4.92. The van der Waals surface area contributed by atoms with Gasteiger partial charge in [0.2, 0.25) is 0 Å². The van der Waals surface area contributed by atoms with Crippen molar-refractivity contribution in [3.05, 3.63) is 62.2 Å². The van der Waals surface area contributed by atoms with Crippen LogP contribution < -0.4 is 10.6 Å². The number of carbonyl (C=O) groups excluding carboxylic acids is 2. The molecule has 0 bridgehead atoms. The number of halogens is 6. The zero-order valence-corrected chi connectivity index (χ0v) is 22.0. The Balaban J connectivity index is 2.80. The molecule has 2 aromatic rings. The normalized spacial score (nSPS) is 13.0. The molecule has 0 unspecified atom stereocenters. The summed E-state index contributed by atoms with van der Waals surface area (Å²) in [4.78, 5) is 26.8. The van der Waals surface area contributed by atoms with Crippen LogP contribution in [0.4, 0.5) is 27.6 Å². The Morgan fingerprint density at radius 1 is 1.06 bits per heavy atom. The maximum Gasteiger partial charge on any atom is 0.458 e. The molecule has 0 saturated heterocycles. The number of rotatable bonds is 7. The Morgan fingerprint density at radius 2 is 1.63 bits per heavy atom. The van der Waals surface area contributed by atoms with Crippen LogP contribution in [0.1, 0.15) is 45.7 Å². The Kier molecular flexibility index (Phi) is 7.97. The van der Waals surface area contributed by atoms with E-state index in [4.69, 9.17) is 5.73 Å². The van der Waals surface area contributed by atoms with Crippen LogP contribution in [0.2, 0.25) is 0 Å². The molecule has 192 valence electrons. The number of hydrogen-bond acceptors (Lipinski definition) is 4. The van der Waals surface area contributed by atoms with Crippen LogP contribution in [0, 0.1) is 10.5 Å². The molecule has 2 aromatic carbocycles. The fourth-order valence-electron chi connectivity index (χ4n) is 3.76. The minimum atomic E-state index is -5.84. The molecule has 0 aliphatic carbocycles. The van der Waals surface area contributed by atoms with Crippen LogP contribution in [-0.4, -0.2) is 44.0 Å². The zero-order valence-electron chi connectivity index (χ0n) is 19.0. The third-order valence-corrected chi connectivity index (χ3v) is 7.20. The molecule has 13 heteroatoms. The van der Waals surface area contributed by atoms with E-state index < -0.39 is 50.6 Å². The van der Waals surface area contributed by atoms with Gasteiger partial charge in [-0.25, -0.2) is 8.42 Å². The van der Waals surface area contributed by atoms with Crippen molar-refractivity contribution in [1.82, 2.24) is 0 Å². The highest BCUT2D eigenvalue weighted by molar-refractivity contribution is 14.1. The summed E-state index contributed by atoms with van der Waals surface area (Å²) in [6, 6.07) is 6.27. The van der Waals surface area contributed by atoms with Crippen LogP contribution in [0.25, 0.3) is 0 Å². The first-order chi connectivity index (χ1) is 15.7. The van der Waals surface area contributed by atoms with Gasteiger partial charge in [0.1, 0.15) is 9.84 Å². The highest BCUT2D eigenvalue weighted by Gasteiger charge is 2.58. The zero-order chi connectivity index (χ0) is 27.1. The molecule has 35 heavy (non-hydrogen) atoms. The van der Waals surface area contributed by atoms with Gasteiger partial charge >= 0.3 is 12.1 Å². The molecule has 0 radical (unpaired) electrons. The number of alkyl halides is 5. The van der Waals surface area contributed by atoms with Gasteiger partial charge in [-0.3, -0.25) is 9.59 Å². The second-order valence-electron chi connectivity index (χ2n) is 8.62. The van der Waals surface area contributed by atoms with Crippen molar-refractivity contribution < 1.29 is 40.0 Å². The van der Waals surface area contributed by atoms with Gasteiger partial charge in [0.15, 0.2) is 0 Å². The monoisotopic (exact) mass is 632 g/mol. The van der Waals surface area contributed by atoms with E-state index in [2.05, 4.69) is 0 Å². The van der Waals surface area contributed by atoms with E-state index in [0.29, 0.717) is 15.7 Å². The first-order valence-electron chi connectivity index (χ1n) is 9.87. The molecular formula is C22H22F5IN2O4S. The largest absolute Gasteiger partial charge is 0.458 e. The van der Waals surface area contributed by atoms with Gasteiger partial charge < -0.3 is 10.6 Å². The average molecular weight is 632 g/mol. The number of amides is 2. The SMILES string of the molecule is Cc1cc(C(F)(F)C(F)(F)F)ccc1N(C(=O)c1cccc(I)c1C(N)=O)C(C)(C)CS(C)(=O)=O. The summed E-state index contributed by atoms with van der Waals surface area (Å²) in [7, 11) is -3.70. The smallest absolute Gasteiger partial charge is 0.366 e. The number of sulfone groups is 1. The van der Waals surface area contributed by atoms with Crippen molar-refractivity contribution in [1.29, 1.82) is 0 Å². The fourth-order valence-corrected chi connectivity index (χ4v) is 5.93. The number of nitrogens with two attached hydrogens (primary N) is 1. The molecule has 6 nitrogen and oxygen atoms in total. The lowest BCUT2D eigenvalue weighted by molar-refractivity contribution is -0.289. The summed E-state index contributed by atoms with van der Waals surface area (Å²) >= 11 is 1.79. The number of anilines is 1. The Hall–Kier alpha value is -2.29. The molecule has 0 saturated carbocycles. The van der Waals surface area contributed by atoms with E-state index in [1.165, 1.54) is 39.0 Å². The lowest BCUT2D eigenvalue weighted by atomic mass is 9.96. The average Bonchev–Trinajstić information content (AvgIpc) is 2.65. The maximum atomic E-state index is 13.9. The van der Waals surface area contributed by atoms with Crippen LogP contribution in [-0.2, 0) is 15.8 Å².